The van der Waals surface area contributed by atoms with Gasteiger partial charge >= 0.3 is 6.18 Å². The smallest absolute Gasteiger partial charge is 0.393 e. The maximum absolute atomic E-state index is 13.4. The summed E-state index contributed by atoms with van der Waals surface area (Å²) in [5.74, 6) is 1.39. The molecular weight excluding hydrogens is 377 g/mol. The van der Waals surface area contributed by atoms with Crippen LogP contribution in [0.25, 0.3) is 0 Å². The van der Waals surface area contributed by atoms with Crippen molar-refractivity contribution in [2.75, 3.05) is 0 Å². The lowest BCUT2D eigenvalue weighted by atomic mass is 9.46. The predicted molar refractivity (Wildman–Crippen MR) is 107 cm³/mol. The number of aliphatic hydroxyl groups is 2. The van der Waals surface area contributed by atoms with Gasteiger partial charge in [0, 0.05) is 5.41 Å². The van der Waals surface area contributed by atoms with Crippen molar-refractivity contribution < 1.29 is 23.4 Å². The molecule has 1 unspecified atom stereocenters. The number of hydrogen-bond acceptors (Lipinski definition) is 2. The van der Waals surface area contributed by atoms with Gasteiger partial charge in [0.05, 0.1) is 6.10 Å². The number of fused-ring (bicyclic) bond motifs is 5. The molecule has 8 atom stereocenters. The summed E-state index contributed by atoms with van der Waals surface area (Å²) in [5.41, 5.74) is 0.238. The molecule has 0 radical (unpaired) electrons. The molecule has 3 fully saturated rings. The number of alkyl halides is 3. The summed E-state index contributed by atoms with van der Waals surface area (Å²) in [6, 6.07) is 0. The fourth-order valence-corrected chi connectivity index (χ4v) is 8.48. The molecule has 2 N–H and O–H groups in total. The number of halogens is 3. The maximum Gasteiger partial charge on any atom is 0.414 e. The van der Waals surface area contributed by atoms with E-state index in [1.165, 1.54) is 5.57 Å². The first-order valence-electron chi connectivity index (χ1n) is 11.4. The van der Waals surface area contributed by atoms with Crippen molar-refractivity contribution in [3.63, 3.8) is 0 Å². The van der Waals surface area contributed by atoms with E-state index < -0.39 is 17.7 Å². The lowest BCUT2D eigenvalue weighted by Crippen LogP contribution is -2.54. The summed E-state index contributed by atoms with van der Waals surface area (Å²) in [4.78, 5) is 0. The van der Waals surface area contributed by atoms with Gasteiger partial charge in [-0.25, -0.2) is 0 Å². The zero-order valence-corrected chi connectivity index (χ0v) is 18.2. The number of allylic oxidation sites excluding steroid dienone is 1. The van der Waals surface area contributed by atoms with Crippen molar-refractivity contribution >= 4 is 0 Å². The Hall–Kier alpha value is -0.550. The quantitative estimate of drug-likeness (QED) is 0.554. The van der Waals surface area contributed by atoms with Gasteiger partial charge in [0.15, 0.2) is 6.10 Å². The summed E-state index contributed by atoms with van der Waals surface area (Å²) in [6.45, 7) is 7.83. The van der Waals surface area contributed by atoms with Crippen LogP contribution in [0.1, 0.15) is 79.1 Å². The van der Waals surface area contributed by atoms with E-state index in [0.29, 0.717) is 17.8 Å². The van der Waals surface area contributed by atoms with Crippen LogP contribution >= 0.6 is 0 Å². The molecule has 0 spiro atoms. The van der Waals surface area contributed by atoms with E-state index in [1.54, 1.807) is 13.8 Å². The molecular formula is C24H37F3O2. The minimum atomic E-state index is -4.58. The molecule has 29 heavy (non-hydrogen) atoms. The third-order valence-electron chi connectivity index (χ3n) is 9.99. The molecule has 0 heterocycles. The van der Waals surface area contributed by atoms with Crippen molar-refractivity contribution in [1.82, 2.24) is 0 Å². The van der Waals surface area contributed by atoms with Gasteiger partial charge in [-0.15, -0.1) is 0 Å². The molecule has 0 bridgehead atoms. The highest BCUT2D eigenvalue weighted by Crippen LogP contribution is 2.69. The van der Waals surface area contributed by atoms with E-state index in [9.17, 15) is 23.4 Å². The Kier molecular flexibility index (Phi) is 5.02. The minimum Gasteiger partial charge on any atom is -0.393 e. The van der Waals surface area contributed by atoms with Crippen molar-refractivity contribution in [3.05, 3.63) is 11.6 Å². The monoisotopic (exact) mass is 414 g/mol. The van der Waals surface area contributed by atoms with E-state index in [4.69, 9.17) is 0 Å². The molecule has 3 saturated carbocycles. The van der Waals surface area contributed by atoms with Crippen LogP contribution in [-0.4, -0.2) is 28.6 Å². The van der Waals surface area contributed by atoms with E-state index in [2.05, 4.69) is 19.9 Å². The average Bonchev–Trinajstić information content (AvgIpc) is 2.99. The van der Waals surface area contributed by atoms with Crippen LogP contribution in [0.15, 0.2) is 11.6 Å². The summed E-state index contributed by atoms with van der Waals surface area (Å²) in [5, 5.41) is 20.3. The predicted octanol–water partition coefficient (Wildman–Crippen LogP) is 5.88. The van der Waals surface area contributed by atoms with Crippen molar-refractivity contribution in [2.24, 2.45) is 39.9 Å². The van der Waals surface area contributed by atoms with E-state index >= 15 is 0 Å². The van der Waals surface area contributed by atoms with Crippen LogP contribution in [0.4, 0.5) is 13.2 Å². The standard InChI is InChI=1S/C24H37F3O2/c1-21(2,20(29)24(25,26)27)19-8-7-17-16-6-5-14-13-15(28)9-11-22(14,3)18(16)10-12-23(17,19)4/h5,15-20,28-29H,6-13H2,1-4H3/t15-,16-,17-,18-,19+,20?,22-,23-/m0/s1. The highest BCUT2D eigenvalue weighted by Gasteiger charge is 2.63. The van der Waals surface area contributed by atoms with E-state index in [0.717, 1.165) is 51.4 Å². The minimum absolute atomic E-state index is 0.121. The first-order chi connectivity index (χ1) is 13.3. The van der Waals surface area contributed by atoms with Gasteiger partial charge < -0.3 is 10.2 Å². The molecule has 2 nitrogen and oxygen atoms in total. The fraction of sp³-hybridized carbons (Fsp3) is 0.917. The van der Waals surface area contributed by atoms with Gasteiger partial charge in [-0.05, 0) is 85.9 Å². The van der Waals surface area contributed by atoms with Crippen LogP contribution in [-0.2, 0) is 0 Å². The molecule has 4 aliphatic rings. The second-order valence-electron chi connectivity index (χ2n) is 11.6. The number of hydrogen-bond donors (Lipinski definition) is 2. The average molecular weight is 415 g/mol. The van der Waals surface area contributed by atoms with Crippen LogP contribution in [0.5, 0.6) is 0 Å². The highest BCUT2D eigenvalue weighted by atomic mass is 19.4. The van der Waals surface area contributed by atoms with Gasteiger partial charge in [-0.3, -0.25) is 0 Å². The Labute approximate surface area is 173 Å². The Bertz CT molecular complexity index is 684. The van der Waals surface area contributed by atoms with Gasteiger partial charge in [-0.2, -0.15) is 13.2 Å². The second kappa shape index (κ2) is 6.72. The summed E-state index contributed by atoms with van der Waals surface area (Å²) in [7, 11) is 0. The van der Waals surface area contributed by atoms with Gasteiger partial charge in [-0.1, -0.05) is 39.3 Å². The molecule has 5 heteroatoms. The lowest BCUT2D eigenvalue weighted by molar-refractivity contribution is -0.249. The molecule has 0 aromatic carbocycles. The first kappa shape index (κ1) is 21.7. The summed E-state index contributed by atoms with van der Waals surface area (Å²) in [6.07, 6.45) is 2.69. The Balaban J connectivity index is 1.62. The van der Waals surface area contributed by atoms with Crippen molar-refractivity contribution in [3.8, 4) is 0 Å². The zero-order chi connectivity index (χ0) is 21.4. The van der Waals surface area contributed by atoms with Crippen molar-refractivity contribution in [1.29, 1.82) is 0 Å². The van der Waals surface area contributed by atoms with Gasteiger partial charge in [0.25, 0.3) is 0 Å². The first-order valence-corrected chi connectivity index (χ1v) is 11.4. The molecule has 166 valence electrons. The normalized spacial score (nSPS) is 46.4. The van der Waals surface area contributed by atoms with E-state index in [-0.39, 0.29) is 22.9 Å². The lowest BCUT2D eigenvalue weighted by Gasteiger charge is -2.59. The molecule has 0 saturated heterocycles. The molecule has 0 amide bonds. The highest BCUT2D eigenvalue weighted by molar-refractivity contribution is 5.25. The SMILES string of the molecule is CC(C)(C(O)C(F)(F)F)[C@H]1CC[C@H]2[C@@H]3CC=C4C[C@@H](O)CC[C@]4(C)[C@H]3CC[C@]12C. The Morgan fingerprint density at radius 3 is 2.38 bits per heavy atom. The van der Waals surface area contributed by atoms with Crippen LogP contribution in [0, 0.1) is 39.9 Å². The zero-order valence-electron chi connectivity index (χ0n) is 18.2. The maximum atomic E-state index is 13.4. The number of rotatable bonds is 2. The molecule has 0 aliphatic heterocycles. The second-order valence-corrected chi connectivity index (χ2v) is 11.6. The molecule has 0 aromatic heterocycles. The summed E-state index contributed by atoms with van der Waals surface area (Å²) < 4.78 is 40.2. The largest absolute Gasteiger partial charge is 0.414 e. The third kappa shape index (κ3) is 3.12. The van der Waals surface area contributed by atoms with Crippen LogP contribution < -0.4 is 0 Å². The van der Waals surface area contributed by atoms with E-state index in [1.807, 2.05) is 0 Å². The molecule has 4 rings (SSSR count). The third-order valence-corrected chi connectivity index (χ3v) is 9.99. The van der Waals surface area contributed by atoms with Crippen LogP contribution in [0.3, 0.4) is 0 Å². The van der Waals surface area contributed by atoms with Crippen molar-refractivity contribution in [2.45, 2.75) is 97.4 Å². The topological polar surface area (TPSA) is 40.5 Å². The number of aliphatic hydroxyl groups excluding tert-OH is 2. The Morgan fingerprint density at radius 2 is 1.72 bits per heavy atom. The summed E-state index contributed by atoms with van der Waals surface area (Å²) >= 11 is 0. The molecule has 0 aromatic rings. The van der Waals surface area contributed by atoms with Gasteiger partial charge in [0.2, 0.25) is 0 Å². The van der Waals surface area contributed by atoms with Crippen LogP contribution in [0.2, 0.25) is 0 Å². The molecule has 4 aliphatic carbocycles. The fourth-order valence-electron chi connectivity index (χ4n) is 8.48. The van der Waals surface area contributed by atoms with Gasteiger partial charge in [0.1, 0.15) is 0 Å². The Morgan fingerprint density at radius 1 is 1.03 bits per heavy atom.